The van der Waals surface area contributed by atoms with E-state index in [2.05, 4.69) is 10.3 Å². The van der Waals surface area contributed by atoms with Gasteiger partial charge >= 0.3 is 6.55 Å². The monoisotopic (exact) mass is 452 g/mol. The van der Waals surface area contributed by atoms with Crippen LogP contribution in [0.5, 0.6) is 11.5 Å². The molecular weight excluding hydrogens is 434 g/mol. The summed E-state index contributed by atoms with van der Waals surface area (Å²) in [6, 6.07) is 8.27. The number of ether oxygens (including phenoxy) is 2. The Kier molecular flexibility index (Phi) is 6.59. The molecule has 8 nitrogen and oxygen atoms in total. The lowest BCUT2D eigenvalue weighted by Gasteiger charge is -2.17. The number of carbonyl (C=O) groups excluding carboxylic acids is 2. The summed E-state index contributed by atoms with van der Waals surface area (Å²) in [5.41, 5.74) is 5.80. The largest absolute Gasteiger partial charge is 0.493 e. The van der Waals surface area contributed by atoms with Gasteiger partial charge in [-0.15, -0.1) is 0 Å². The highest BCUT2D eigenvalue weighted by Gasteiger charge is 2.24. The van der Waals surface area contributed by atoms with Gasteiger partial charge in [-0.3, -0.25) is 14.2 Å². The minimum Gasteiger partial charge on any atom is -0.493 e. The van der Waals surface area contributed by atoms with Crippen LogP contribution in [0.4, 0.5) is 8.78 Å². The number of halogens is 3. The van der Waals surface area contributed by atoms with Crippen molar-refractivity contribution in [2.24, 2.45) is 5.73 Å². The number of para-hydroxylation sites is 2. The molecule has 0 saturated heterocycles. The zero-order chi connectivity index (χ0) is 22.7. The van der Waals surface area contributed by atoms with Gasteiger partial charge in [0.25, 0.3) is 11.8 Å². The lowest BCUT2D eigenvalue weighted by Crippen LogP contribution is -2.29. The van der Waals surface area contributed by atoms with E-state index in [0.717, 1.165) is 4.57 Å². The minimum absolute atomic E-state index is 0.00373. The van der Waals surface area contributed by atoms with E-state index in [1.165, 1.54) is 25.3 Å². The van der Waals surface area contributed by atoms with Gasteiger partial charge in [0.1, 0.15) is 5.82 Å². The second kappa shape index (κ2) is 9.17. The van der Waals surface area contributed by atoms with Gasteiger partial charge in [-0.1, -0.05) is 23.7 Å². The molecule has 0 bridgehead atoms. The molecule has 164 valence electrons. The van der Waals surface area contributed by atoms with Gasteiger partial charge in [-0.25, -0.2) is 4.98 Å². The predicted octanol–water partition coefficient (Wildman–Crippen LogP) is 3.45. The van der Waals surface area contributed by atoms with Crippen molar-refractivity contribution in [1.82, 2.24) is 14.9 Å². The van der Waals surface area contributed by atoms with Gasteiger partial charge in [-0.05, 0) is 31.2 Å². The van der Waals surface area contributed by atoms with E-state index < -0.39 is 31.0 Å². The summed E-state index contributed by atoms with van der Waals surface area (Å²) in [6.45, 7) is -1.72. The Morgan fingerprint density at radius 2 is 2.00 bits per heavy atom. The number of aromatic nitrogens is 2. The number of primary amides is 1. The summed E-state index contributed by atoms with van der Waals surface area (Å²) in [7, 11) is 1.33. The molecule has 3 rings (SSSR count). The fourth-order valence-corrected chi connectivity index (χ4v) is 3.32. The van der Waals surface area contributed by atoms with E-state index in [1.807, 2.05) is 0 Å². The number of fused-ring (bicyclic) bond motifs is 1. The average Bonchev–Trinajstić information content (AvgIpc) is 3.12. The number of carbonyl (C=O) groups is 2. The van der Waals surface area contributed by atoms with Gasteiger partial charge in [0.2, 0.25) is 0 Å². The molecule has 1 heterocycles. The number of imidazole rings is 1. The molecule has 3 N–H and O–H groups in total. The molecule has 0 aliphatic rings. The summed E-state index contributed by atoms with van der Waals surface area (Å²) in [5.74, 6) is -1.15. The van der Waals surface area contributed by atoms with E-state index in [4.69, 9.17) is 26.8 Å². The smallest absolute Gasteiger partial charge is 0.320 e. The number of methoxy groups -OCH3 is 1. The Balaban J connectivity index is 1.88. The van der Waals surface area contributed by atoms with E-state index >= 15 is 0 Å². The highest BCUT2D eigenvalue weighted by molar-refractivity contribution is 6.32. The molecule has 1 atom stereocenters. The number of hydrogen-bond donors (Lipinski definition) is 2. The molecule has 0 aliphatic carbocycles. The van der Waals surface area contributed by atoms with Crippen LogP contribution < -0.4 is 20.5 Å². The molecular formula is C20H19ClF2N4O4. The SMILES string of the molecule is COc1cc(C(=O)NC(C)c2nc3ccccc3n2C(F)F)cc(Cl)c1OCC(N)=O. The summed E-state index contributed by atoms with van der Waals surface area (Å²) in [6.07, 6.45) is 0. The van der Waals surface area contributed by atoms with Crippen LogP contribution in [0.15, 0.2) is 36.4 Å². The van der Waals surface area contributed by atoms with Crippen molar-refractivity contribution in [1.29, 1.82) is 0 Å². The first-order valence-corrected chi connectivity index (χ1v) is 9.45. The highest BCUT2D eigenvalue weighted by atomic mass is 35.5. The maximum Gasteiger partial charge on any atom is 0.320 e. The molecule has 0 saturated carbocycles. The minimum atomic E-state index is -2.84. The van der Waals surface area contributed by atoms with Crippen LogP contribution in [-0.4, -0.2) is 35.1 Å². The van der Waals surface area contributed by atoms with Crippen molar-refractivity contribution >= 4 is 34.4 Å². The lowest BCUT2D eigenvalue weighted by atomic mass is 10.1. The molecule has 11 heteroatoms. The number of rotatable bonds is 8. The Morgan fingerprint density at radius 1 is 1.29 bits per heavy atom. The van der Waals surface area contributed by atoms with Crippen LogP contribution in [-0.2, 0) is 4.79 Å². The topological polar surface area (TPSA) is 108 Å². The van der Waals surface area contributed by atoms with Crippen molar-refractivity contribution in [3.05, 3.63) is 52.8 Å². The van der Waals surface area contributed by atoms with Gasteiger partial charge in [-0.2, -0.15) is 8.78 Å². The number of benzene rings is 2. The van der Waals surface area contributed by atoms with Crippen LogP contribution >= 0.6 is 11.6 Å². The maximum atomic E-state index is 13.7. The predicted molar refractivity (Wildman–Crippen MR) is 110 cm³/mol. The number of alkyl halides is 2. The van der Waals surface area contributed by atoms with Crippen molar-refractivity contribution in [3.63, 3.8) is 0 Å². The molecule has 2 aromatic carbocycles. The normalized spacial score (nSPS) is 12.1. The molecule has 1 unspecified atom stereocenters. The third kappa shape index (κ3) is 4.69. The first-order chi connectivity index (χ1) is 14.7. The fourth-order valence-electron chi connectivity index (χ4n) is 3.05. The molecule has 31 heavy (non-hydrogen) atoms. The van der Waals surface area contributed by atoms with Gasteiger partial charge in [0.05, 0.1) is 29.2 Å². The standard InChI is InChI=1S/C20H19ClF2N4O4/c1-10(18-26-13-5-3-4-6-14(13)27(18)20(22)23)25-19(29)11-7-12(21)17(15(8-11)30-2)31-9-16(24)28/h3-8,10,20H,9H2,1-2H3,(H2,24,28)(H,25,29). The molecule has 2 amide bonds. The van der Waals surface area contributed by atoms with Crippen LogP contribution in [0.25, 0.3) is 11.0 Å². The fraction of sp³-hybridized carbons (Fsp3) is 0.250. The quantitative estimate of drug-likeness (QED) is 0.544. The second-order valence-electron chi connectivity index (χ2n) is 6.55. The molecule has 0 radical (unpaired) electrons. The van der Waals surface area contributed by atoms with Crippen molar-refractivity contribution < 1.29 is 27.8 Å². The van der Waals surface area contributed by atoms with Gasteiger partial charge in [0.15, 0.2) is 18.1 Å². The van der Waals surface area contributed by atoms with Crippen molar-refractivity contribution in [2.45, 2.75) is 19.5 Å². The number of hydrogen-bond acceptors (Lipinski definition) is 5. The maximum absolute atomic E-state index is 13.7. The zero-order valence-corrected chi connectivity index (χ0v) is 17.3. The molecule has 1 aromatic heterocycles. The van der Waals surface area contributed by atoms with Gasteiger partial charge in [0, 0.05) is 5.56 Å². The number of nitrogens with zero attached hydrogens (tertiary/aromatic N) is 2. The van der Waals surface area contributed by atoms with Crippen LogP contribution in [0.3, 0.4) is 0 Å². The van der Waals surface area contributed by atoms with Crippen LogP contribution in [0, 0.1) is 0 Å². The summed E-state index contributed by atoms with van der Waals surface area (Å²) >= 11 is 6.16. The third-order valence-corrected chi connectivity index (χ3v) is 4.68. The van der Waals surface area contributed by atoms with Crippen molar-refractivity contribution in [3.8, 4) is 11.5 Å². The van der Waals surface area contributed by atoms with Crippen molar-refractivity contribution in [2.75, 3.05) is 13.7 Å². The van der Waals surface area contributed by atoms with E-state index in [0.29, 0.717) is 5.52 Å². The van der Waals surface area contributed by atoms with E-state index in [9.17, 15) is 18.4 Å². The van der Waals surface area contributed by atoms with E-state index in [-0.39, 0.29) is 33.4 Å². The van der Waals surface area contributed by atoms with Crippen LogP contribution in [0.2, 0.25) is 5.02 Å². The Hall–Kier alpha value is -3.40. The lowest BCUT2D eigenvalue weighted by molar-refractivity contribution is -0.119. The molecule has 3 aromatic rings. The molecule has 0 aliphatic heterocycles. The van der Waals surface area contributed by atoms with Gasteiger partial charge < -0.3 is 20.5 Å². The average molecular weight is 453 g/mol. The Labute approximate surface area is 180 Å². The zero-order valence-electron chi connectivity index (χ0n) is 16.6. The Morgan fingerprint density at radius 3 is 2.65 bits per heavy atom. The number of amides is 2. The highest BCUT2D eigenvalue weighted by Crippen LogP contribution is 2.36. The first-order valence-electron chi connectivity index (χ1n) is 9.07. The van der Waals surface area contributed by atoms with Crippen LogP contribution in [0.1, 0.15) is 35.7 Å². The first kappa shape index (κ1) is 22.3. The second-order valence-corrected chi connectivity index (χ2v) is 6.95. The molecule has 0 fully saturated rings. The third-order valence-electron chi connectivity index (χ3n) is 4.40. The Bertz CT molecular complexity index is 1140. The number of nitrogens with one attached hydrogen (secondary N) is 1. The molecule has 0 spiro atoms. The number of nitrogens with two attached hydrogens (primary N) is 1. The summed E-state index contributed by atoms with van der Waals surface area (Å²) in [5, 5.41) is 2.64. The summed E-state index contributed by atoms with van der Waals surface area (Å²) < 4.78 is 38.5. The van der Waals surface area contributed by atoms with E-state index in [1.54, 1.807) is 25.1 Å². The summed E-state index contributed by atoms with van der Waals surface area (Å²) in [4.78, 5) is 27.9.